The van der Waals surface area contributed by atoms with E-state index in [-0.39, 0.29) is 0 Å². The summed E-state index contributed by atoms with van der Waals surface area (Å²) in [4.78, 5) is 8.49. The van der Waals surface area contributed by atoms with E-state index in [9.17, 15) is 0 Å². The fourth-order valence-electron chi connectivity index (χ4n) is 2.58. The Morgan fingerprint density at radius 3 is 2.71 bits per heavy atom. The molecule has 1 aromatic heterocycles. The Balaban J connectivity index is 2.10. The van der Waals surface area contributed by atoms with E-state index in [1.807, 2.05) is 0 Å². The Morgan fingerprint density at radius 2 is 2.18 bits per heavy atom. The van der Waals surface area contributed by atoms with Crippen LogP contribution >= 0.6 is 11.3 Å². The summed E-state index contributed by atoms with van der Waals surface area (Å²) in [5.74, 6) is 0.650. The second kappa shape index (κ2) is 5.04. The molecule has 0 amide bonds. The summed E-state index contributed by atoms with van der Waals surface area (Å²) >= 11 is 1.79. The van der Waals surface area contributed by atoms with Crippen molar-refractivity contribution in [2.75, 3.05) is 13.1 Å². The van der Waals surface area contributed by atoms with E-state index in [1.54, 1.807) is 11.3 Å². The molecule has 3 nitrogen and oxygen atoms in total. The first kappa shape index (κ1) is 13.0. The molecule has 17 heavy (non-hydrogen) atoms. The summed E-state index contributed by atoms with van der Waals surface area (Å²) < 4.78 is 0. The molecule has 1 aromatic rings. The largest absolute Gasteiger partial charge is 0.326 e. The van der Waals surface area contributed by atoms with Crippen molar-refractivity contribution in [3.05, 3.63) is 15.6 Å². The number of likely N-dealkylation sites (tertiary alicyclic amines) is 1. The number of aromatic nitrogens is 1. The molecule has 96 valence electrons. The maximum Gasteiger partial charge on any atom is 0.0900 e. The molecule has 0 aromatic carbocycles. The van der Waals surface area contributed by atoms with Crippen molar-refractivity contribution in [1.82, 2.24) is 9.88 Å². The predicted octanol–water partition coefficient (Wildman–Crippen LogP) is 2.49. The van der Waals surface area contributed by atoms with Crippen LogP contribution in [0.3, 0.4) is 0 Å². The van der Waals surface area contributed by atoms with Crippen molar-refractivity contribution in [2.24, 2.45) is 11.7 Å². The number of nitrogens with two attached hydrogens (primary N) is 1. The fraction of sp³-hybridized carbons (Fsp3) is 0.769. The summed E-state index contributed by atoms with van der Waals surface area (Å²) in [6, 6.07) is 0.713. The van der Waals surface area contributed by atoms with Crippen LogP contribution in [0.1, 0.15) is 41.9 Å². The van der Waals surface area contributed by atoms with E-state index in [0.717, 1.165) is 13.1 Å². The van der Waals surface area contributed by atoms with Gasteiger partial charge in [0.25, 0.3) is 0 Å². The van der Waals surface area contributed by atoms with Crippen LogP contribution < -0.4 is 5.73 Å². The molecule has 4 heteroatoms. The zero-order valence-corrected chi connectivity index (χ0v) is 12.0. The summed E-state index contributed by atoms with van der Waals surface area (Å²) in [7, 11) is 0. The Morgan fingerprint density at radius 1 is 1.47 bits per heavy atom. The molecule has 3 unspecified atom stereocenters. The highest BCUT2D eigenvalue weighted by molar-refractivity contribution is 7.11. The smallest absolute Gasteiger partial charge is 0.0900 e. The van der Waals surface area contributed by atoms with Gasteiger partial charge in [-0.1, -0.05) is 6.92 Å². The molecule has 2 N–H and O–H groups in total. The van der Waals surface area contributed by atoms with E-state index in [0.29, 0.717) is 18.0 Å². The van der Waals surface area contributed by atoms with E-state index in [1.165, 1.54) is 22.0 Å². The predicted molar refractivity (Wildman–Crippen MR) is 73.3 cm³/mol. The van der Waals surface area contributed by atoms with E-state index in [4.69, 9.17) is 5.73 Å². The maximum atomic E-state index is 6.17. The van der Waals surface area contributed by atoms with Crippen molar-refractivity contribution in [3.63, 3.8) is 0 Å². The molecule has 1 aliphatic heterocycles. The lowest BCUT2D eigenvalue weighted by atomic mass is 9.93. The van der Waals surface area contributed by atoms with Crippen LogP contribution in [0.5, 0.6) is 0 Å². The standard InChI is InChI=1S/C13H23N3S/c1-8-5-6-16(7-12(8)14)9(2)13-10(3)17-11(4)15-13/h8-9,12H,5-7,14H2,1-4H3. The number of hydrogen-bond donors (Lipinski definition) is 1. The summed E-state index contributed by atoms with van der Waals surface area (Å²) in [5, 5.41) is 1.17. The number of rotatable bonds is 2. The van der Waals surface area contributed by atoms with Crippen LogP contribution in [0.2, 0.25) is 0 Å². The van der Waals surface area contributed by atoms with E-state index in [2.05, 4.69) is 37.6 Å². The van der Waals surface area contributed by atoms with Crippen LogP contribution in [0.4, 0.5) is 0 Å². The van der Waals surface area contributed by atoms with Gasteiger partial charge in [0.05, 0.1) is 16.7 Å². The van der Waals surface area contributed by atoms with Gasteiger partial charge >= 0.3 is 0 Å². The third-order valence-electron chi connectivity index (χ3n) is 3.93. The second-order valence-corrected chi connectivity index (χ2v) is 6.68. The average Bonchev–Trinajstić information content (AvgIpc) is 2.61. The zero-order valence-electron chi connectivity index (χ0n) is 11.2. The van der Waals surface area contributed by atoms with Crippen molar-refractivity contribution >= 4 is 11.3 Å². The van der Waals surface area contributed by atoms with Crippen molar-refractivity contribution in [3.8, 4) is 0 Å². The van der Waals surface area contributed by atoms with Gasteiger partial charge in [-0.2, -0.15) is 0 Å². The van der Waals surface area contributed by atoms with Crippen LogP contribution in [-0.2, 0) is 0 Å². The van der Waals surface area contributed by atoms with Gasteiger partial charge in [-0.15, -0.1) is 11.3 Å². The molecule has 2 rings (SSSR count). The van der Waals surface area contributed by atoms with Gasteiger partial charge in [0.1, 0.15) is 0 Å². The van der Waals surface area contributed by atoms with Gasteiger partial charge in [0, 0.05) is 17.5 Å². The summed E-state index contributed by atoms with van der Waals surface area (Å²) in [6.45, 7) is 10.9. The number of aryl methyl sites for hydroxylation is 2. The molecule has 1 aliphatic rings. The Hall–Kier alpha value is -0.450. The fourth-order valence-corrected chi connectivity index (χ4v) is 3.49. The number of thiazole rings is 1. The molecule has 0 radical (unpaired) electrons. The Bertz CT molecular complexity index is 388. The molecular weight excluding hydrogens is 230 g/mol. The zero-order chi connectivity index (χ0) is 12.6. The average molecular weight is 253 g/mol. The van der Waals surface area contributed by atoms with E-state index < -0.39 is 0 Å². The van der Waals surface area contributed by atoms with Gasteiger partial charge < -0.3 is 5.73 Å². The monoisotopic (exact) mass is 253 g/mol. The minimum absolute atomic E-state index is 0.311. The van der Waals surface area contributed by atoms with Crippen molar-refractivity contribution in [2.45, 2.75) is 46.2 Å². The van der Waals surface area contributed by atoms with Gasteiger partial charge in [-0.25, -0.2) is 4.98 Å². The van der Waals surface area contributed by atoms with Crippen LogP contribution in [-0.4, -0.2) is 29.0 Å². The second-order valence-electron chi connectivity index (χ2n) is 5.28. The molecule has 3 atom stereocenters. The summed E-state index contributed by atoms with van der Waals surface area (Å²) in [5.41, 5.74) is 7.41. The lowest BCUT2D eigenvalue weighted by Gasteiger charge is -2.38. The lowest BCUT2D eigenvalue weighted by molar-refractivity contribution is 0.126. The normalized spacial score (nSPS) is 28.3. The minimum atomic E-state index is 0.311. The molecule has 1 saturated heterocycles. The SMILES string of the molecule is Cc1nc(C(C)N2CCC(C)C(N)C2)c(C)s1. The Kier molecular flexibility index (Phi) is 3.85. The molecule has 0 spiro atoms. The minimum Gasteiger partial charge on any atom is -0.326 e. The highest BCUT2D eigenvalue weighted by Crippen LogP contribution is 2.29. The quantitative estimate of drug-likeness (QED) is 0.880. The van der Waals surface area contributed by atoms with Gasteiger partial charge in [-0.05, 0) is 39.7 Å². The molecular formula is C13H23N3S. The van der Waals surface area contributed by atoms with Crippen LogP contribution in [0.15, 0.2) is 0 Å². The Labute approximate surface area is 108 Å². The highest BCUT2D eigenvalue weighted by Gasteiger charge is 2.28. The third kappa shape index (κ3) is 2.69. The molecule has 0 bridgehead atoms. The molecule has 0 saturated carbocycles. The van der Waals surface area contributed by atoms with Gasteiger partial charge in [-0.3, -0.25) is 4.90 Å². The number of hydrogen-bond acceptors (Lipinski definition) is 4. The molecule has 1 fully saturated rings. The van der Waals surface area contributed by atoms with Crippen molar-refractivity contribution in [1.29, 1.82) is 0 Å². The van der Waals surface area contributed by atoms with Gasteiger partial charge in [0.2, 0.25) is 0 Å². The lowest BCUT2D eigenvalue weighted by Crippen LogP contribution is -2.48. The number of piperidine rings is 1. The van der Waals surface area contributed by atoms with Crippen molar-refractivity contribution < 1.29 is 0 Å². The van der Waals surface area contributed by atoms with Crippen LogP contribution in [0, 0.1) is 19.8 Å². The van der Waals surface area contributed by atoms with E-state index >= 15 is 0 Å². The topological polar surface area (TPSA) is 42.2 Å². The first-order valence-electron chi connectivity index (χ1n) is 6.42. The molecule has 0 aliphatic carbocycles. The molecule has 2 heterocycles. The first-order chi connectivity index (χ1) is 7.99. The number of nitrogens with zero attached hydrogens (tertiary/aromatic N) is 2. The first-order valence-corrected chi connectivity index (χ1v) is 7.24. The maximum absolute atomic E-state index is 6.17. The third-order valence-corrected chi connectivity index (χ3v) is 4.83. The summed E-state index contributed by atoms with van der Waals surface area (Å²) in [6.07, 6.45) is 1.20. The van der Waals surface area contributed by atoms with Crippen LogP contribution in [0.25, 0.3) is 0 Å². The van der Waals surface area contributed by atoms with Gasteiger partial charge in [0.15, 0.2) is 0 Å². The highest BCUT2D eigenvalue weighted by atomic mass is 32.1.